The summed E-state index contributed by atoms with van der Waals surface area (Å²) in [5, 5.41) is 12.0. The Morgan fingerprint density at radius 1 is 0.979 bits per heavy atom. The van der Waals surface area contributed by atoms with Crippen molar-refractivity contribution in [1.29, 1.82) is 0 Å². The van der Waals surface area contributed by atoms with Crippen LogP contribution < -0.4 is 0 Å². The van der Waals surface area contributed by atoms with Crippen LogP contribution in [0.5, 0.6) is 5.75 Å². The predicted octanol–water partition coefficient (Wildman–Crippen LogP) is 6.13. The third-order valence-electron chi connectivity index (χ3n) is 10.7. The van der Waals surface area contributed by atoms with Crippen LogP contribution in [-0.2, 0) is 28.9 Å². The molecule has 7 rings (SSSR count). The molecule has 1 aromatic heterocycles. The Morgan fingerprint density at radius 2 is 1.81 bits per heavy atom. The molecule has 3 aromatic rings. The minimum Gasteiger partial charge on any atom is -0.508 e. The maximum Gasteiger partial charge on any atom is 0.410 e. The molecule has 1 N–H and O–H groups in total. The lowest BCUT2D eigenvalue weighted by molar-refractivity contribution is -0.141. The fourth-order valence-corrected chi connectivity index (χ4v) is 8.55. The first-order valence-corrected chi connectivity index (χ1v) is 17.8. The monoisotopic (exact) mass is 659 g/mol. The first-order chi connectivity index (χ1) is 22.8. The van der Waals surface area contributed by atoms with E-state index in [9.17, 15) is 14.7 Å². The van der Waals surface area contributed by atoms with Crippen LogP contribution in [0.25, 0.3) is 0 Å². The molecule has 0 spiro atoms. The number of hydrogen-bond donors (Lipinski definition) is 1. The van der Waals surface area contributed by atoms with E-state index < -0.39 is 6.04 Å². The van der Waals surface area contributed by atoms with Gasteiger partial charge in [0.2, 0.25) is 5.91 Å². The lowest BCUT2D eigenvalue weighted by Crippen LogP contribution is -2.62. The van der Waals surface area contributed by atoms with Crippen molar-refractivity contribution in [3.63, 3.8) is 0 Å². The molecule has 2 aliphatic heterocycles. The highest BCUT2D eigenvalue weighted by atomic mass is 35.5. The number of likely N-dealkylation sites (tertiary alicyclic amines) is 1. The number of piperidine rings is 1. The lowest BCUT2D eigenvalue weighted by Gasteiger charge is -2.46. The lowest BCUT2D eigenvalue weighted by atomic mass is 9.91. The highest BCUT2D eigenvalue weighted by Crippen LogP contribution is 2.43. The summed E-state index contributed by atoms with van der Waals surface area (Å²) in [5.74, 6) is 0.543. The zero-order chi connectivity index (χ0) is 32.5. The summed E-state index contributed by atoms with van der Waals surface area (Å²) in [4.78, 5) is 38.8. The van der Waals surface area contributed by atoms with Gasteiger partial charge < -0.3 is 19.3 Å². The van der Waals surface area contributed by atoms with Crippen molar-refractivity contribution in [3.05, 3.63) is 81.9 Å². The number of phenolic OH excluding ortho intramolecular Hbond substituents is 1. The number of halogens is 1. The zero-order valence-electron chi connectivity index (χ0n) is 27.3. The van der Waals surface area contributed by atoms with E-state index in [4.69, 9.17) is 16.3 Å². The number of hydrogen-bond acceptors (Lipinski definition) is 6. The van der Waals surface area contributed by atoms with Crippen LogP contribution >= 0.6 is 11.6 Å². The van der Waals surface area contributed by atoms with Gasteiger partial charge in [0.25, 0.3) is 0 Å². The summed E-state index contributed by atoms with van der Waals surface area (Å²) in [5.41, 5.74) is 5.20. The molecule has 3 fully saturated rings. The van der Waals surface area contributed by atoms with E-state index in [-0.39, 0.29) is 29.9 Å². The highest BCUT2D eigenvalue weighted by Gasteiger charge is 2.43. The minimum absolute atomic E-state index is 0.0238. The molecule has 2 aromatic carbocycles. The van der Waals surface area contributed by atoms with Crippen molar-refractivity contribution >= 4 is 23.6 Å². The SMILES string of the molecule is Cc1cn(C[C@@H]2CCCN(C(=O)[C@H]3CN([C@@H]4c5ccc(Cl)cc5CCc5cccc(O)c54)CCN3C(=O)OC3CCCCC3)C2)cn1. The maximum atomic E-state index is 14.6. The molecule has 4 aliphatic rings. The summed E-state index contributed by atoms with van der Waals surface area (Å²) in [6.07, 6.45) is 12.1. The van der Waals surface area contributed by atoms with Gasteiger partial charge in [0.15, 0.2) is 0 Å². The highest BCUT2D eigenvalue weighted by molar-refractivity contribution is 6.30. The normalized spacial score (nSPS) is 23.9. The largest absolute Gasteiger partial charge is 0.508 e. The second-order valence-corrected chi connectivity index (χ2v) is 14.4. The van der Waals surface area contributed by atoms with E-state index in [0.717, 1.165) is 85.9 Å². The molecular formula is C37H46ClN5O4. The van der Waals surface area contributed by atoms with Crippen molar-refractivity contribution in [3.8, 4) is 5.75 Å². The van der Waals surface area contributed by atoms with E-state index in [1.807, 2.05) is 42.5 Å². The van der Waals surface area contributed by atoms with Crippen molar-refractivity contribution in [2.75, 3.05) is 32.7 Å². The number of imidazole rings is 1. The summed E-state index contributed by atoms with van der Waals surface area (Å²) >= 11 is 6.48. The van der Waals surface area contributed by atoms with E-state index in [1.54, 1.807) is 11.0 Å². The number of aromatic hydroxyl groups is 1. The Hall–Kier alpha value is -3.56. The average molecular weight is 660 g/mol. The third kappa shape index (κ3) is 6.88. The molecule has 1 saturated carbocycles. The summed E-state index contributed by atoms with van der Waals surface area (Å²) in [6.45, 7) is 5.39. The van der Waals surface area contributed by atoms with Gasteiger partial charge in [-0.1, -0.05) is 36.2 Å². The van der Waals surface area contributed by atoms with Crippen LogP contribution in [0.1, 0.15) is 78.9 Å². The van der Waals surface area contributed by atoms with Crippen molar-refractivity contribution in [2.24, 2.45) is 5.92 Å². The van der Waals surface area contributed by atoms with Crippen LogP contribution in [0.2, 0.25) is 5.02 Å². The number of fused-ring (bicyclic) bond motifs is 2. The number of phenols is 1. The van der Waals surface area contributed by atoms with Gasteiger partial charge in [-0.25, -0.2) is 9.78 Å². The topological polar surface area (TPSA) is 91.1 Å². The number of carbonyl (C=O) groups is 2. The fourth-order valence-electron chi connectivity index (χ4n) is 8.35. The second-order valence-electron chi connectivity index (χ2n) is 13.9. The summed E-state index contributed by atoms with van der Waals surface area (Å²) in [6, 6.07) is 10.8. The van der Waals surface area contributed by atoms with Crippen molar-refractivity contribution in [1.82, 2.24) is 24.3 Å². The Bertz CT molecular complexity index is 1600. The number of rotatable bonds is 5. The first kappa shape index (κ1) is 32.0. The molecule has 10 heteroatoms. The molecule has 9 nitrogen and oxygen atoms in total. The second kappa shape index (κ2) is 13.9. The van der Waals surface area contributed by atoms with Crippen LogP contribution in [0, 0.1) is 12.8 Å². The maximum absolute atomic E-state index is 14.6. The molecule has 3 heterocycles. The van der Waals surface area contributed by atoms with Gasteiger partial charge in [0.05, 0.1) is 18.1 Å². The zero-order valence-corrected chi connectivity index (χ0v) is 28.1. The smallest absolute Gasteiger partial charge is 0.410 e. The van der Waals surface area contributed by atoms with Crippen molar-refractivity contribution in [2.45, 2.75) is 89.4 Å². The van der Waals surface area contributed by atoms with E-state index in [0.29, 0.717) is 43.7 Å². The van der Waals surface area contributed by atoms with Crippen LogP contribution in [0.3, 0.4) is 0 Å². The standard InChI is InChI=1S/C37H46ClN5O4/c1-25-20-40(24-39-25)21-26-7-6-16-42(22-26)36(45)32-23-41(17-18-43(32)37(46)47-30-9-3-2-4-10-30)35-31-15-14-29(38)19-28(31)13-12-27-8-5-11-33(44)34(27)35/h5,8,11,14-15,19-20,24,26,30,32,35,44H,2-4,6-7,9-10,12-13,16-18,21-23H2,1H3/t26-,32+,35+/m0/s1. The van der Waals surface area contributed by atoms with Gasteiger partial charge in [-0.3, -0.25) is 14.6 Å². The molecule has 2 aliphatic carbocycles. The fraction of sp³-hybridized carbons (Fsp3) is 0.541. The van der Waals surface area contributed by atoms with Crippen LogP contribution in [0.15, 0.2) is 48.9 Å². The first-order valence-electron chi connectivity index (χ1n) is 17.4. The number of piperazine rings is 1. The molecule has 0 unspecified atom stereocenters. The Kier molecular flexibility index (Phi) is 9.46. The van der Waals surface area contributed by atoms with Crippen LogP contribution in [-0.4, -0.2) is 86.2 Å². The molecule has 0 radical (unpaired) electrons. The number of ether oxygens (including phenoxy) is 1. The quantitative estimate of drug-likeness (QED) is 0.354. The van der Waals surface area contributed by atoms with E-state index in [1.165, 1.54) is 6.42 Å². The average Bonchev–Trinajstić information content (AvgIpc) is 3.41. The molecule has 2 saturated heterocycles. The number of carbonyl (C=O) groups excluding carboxylic acids is 2. The Balaban J connectivity index is 1.19. The van der Waals surface area contributed by atoms with E-state index >= 15 is 0 Å². The predicted molar refractivity (Wildman–Crippen MR) is 180 cm³/mol. The van der Waals surface area contributed by atoms with Gasteiger partial charge in [0.1, 0.15) is 17.9 Å². The Labute approximate surface area is 282 Å². The molecule has 47 heavy (non-hydrogen) atoms. The number of amides is 2. The summed E-state index contributed by atoms with van der Waals surface area (Å²) in [7, 11) is 0. The van der Waals surface area contributed by atoms with Gasteiger partial charge in [-0.15, -0.1) is 0 Å². The number of benzene rings is 2. The summed E-state index contributed by atoms with van der Waals surface area (Å²) < 4.78 is 8.19. The third-order valence-corrected chi connectivity index (χ3v) is 10.9. The molecule has 250 valence electrons. The van der Waals surface area contributed by atoms with Gasteiger partial charge in [0, 0.05) is 56.1 Å². The molecule has 3 atom stereocenters. The molecule has 0 bridgehead atoms. The number of nitrogens with zero attached hydrogens (tertiary/aromatic N) is 5. The van der Waals surface area contributed by atoms with Gasteiger partial charge in [-0.2, -0.15) is 0 Å². The minimum atomic E-state index is -0.692. The van der Waals surface area contributed by atoms with Crippen LogP contribution in [0.4, 0.5) is 4.79 Å². The van der Waals surface area contributed by atoms with Crippen molar-refractivity contribution < 1.29 is 19.4 Å². The van der Waals surface area contributed by atoms with Gasteiger partial charge >= 0.3 is 6.09 Å². The van der Waals surface area contributed by atoms with Gasteiger partial charge in [-0.05, 0) is 99.1 Å². The molecule has 2 amide bonds. The number of aromatic nitrogens is 2. The molecular weight excluding hydrogens is 614 g/mol. The number of aryl methyl sites for hydroxylation is 3. The Morgan fingerprint density at radius 3 is 2.62 bits per heavy atom. The van der Waals surface area contributed by atoms with E-state index in [2.05, 4.69) is 26.6 Å².